The molecule has 0 radical (unpaired) electrons. The van der Waals surface area contributed by atoms with Crippen LogP contribution >= 0.6 is 11.6 Å². The van der Waals surface area contributed by atoms with E-state index in [2.05, 4.69) is 10.0 Å². The van der Waals surface area contributed by atoms with E-state index in [4.69, 9.17) is 16.3 Å². The quantitative estimate of drug-likeness (QED) is 0.653. The normalized spacial score (nSPS) is 12.8. The van der Waals surface area contributed by atoms with Crippen molar-refractivity contribution in [1.29, 1.82) is 0 Å². The molecule has 2 N–H and O–H groups in total. The van der Waals surface area contributed by atoms with Gasteiger partial charge < -0.3 is 4.74 Å². The Morgan fingerprint density at radius 2 is 1.72 bits per heavy atom. The van der Waals surface area contributed by atoms with Gasteiger partial charge in [-0.3, -0.25) is 5.32 Å². The Hall–Kier alpha value is -1.60. The SMILES string of the molecule is CCNC(C)Oc1ccc(CCNS(=O)(=O)c2ccc(Cl)cc2)cc1. The molecule has 0 aliphatic carbocycles. The lowest BCUT2D eigenvalue weighted by Crippen LogP contribution is -2.30. The van der Waals surface area contributed by atoms with Crippen LogP contribution in [0.25, 0.3) is 0 Å². The van der Waals surface area contributed by atoms with Crippen molar-refractivity contribution in [3.63, 3.8) is 0 Å². The van der Waals surface area contributed by atoms with Gasteiger partial charge in [-0.25, -0.2) is 13.1 Å². The first-order valence-corrected chi connectivity index (χ1v) is 10.0. The van der Waals surface area contributed by atoms with Crippen LogP contribution in [-0.2, 0) is 16.4 Å². The topological polar surface area (TPSA) is 67.4 Å². The number of hydrogen-bond donors (Lipinski definition) is 2. The van der Waals surface area contributed by atoms with E-state index in [0.29, 0.717) is 18.0 Å². The molecular formula is C18H23ClN2O3S. The van der Waals surface area contributed by atoms with E-state index in [0.717, 1.165) is 17.9 Å². The van der Waals surface area contributed by atoms with Gasteiger partial charge in [0.25, 0.3) is 0 Å². The van der Waals surface area contributed by atoms with Gasteiger partial charge in [-0.1, -0.05) is 30.7 Å². The van der Waals surface area contributed by atoms with Crippen molar-refractivity contribution < 1.29 is 13.2 Å². The van der Waals surface area contributed by atoms with Crippen LogP contribution in [0.2, 0.25) is 5.02 Å². The summed E-state index contributed by atoms with van der Waals surface area (Å²) < 4.78 is 32.7. The van der Waals surface area contributed by atoms with E-state index in [1.54, 1.807) is 12.1 Å². The lowest BCUT2D eigenvalue weighted by atomic mass is 10.1. The number of hydrogen-bond acceptors (Lipinski definition) is 4. The van der Waals surface area contributed by atoms with Gasteiger partial charge in [-0.2, -0.15) is 0 Å². The van der Waals surface area contributed by atoms with Crippen LogP contribution in [0.5, 0.6) is 5.75 Å². The number of benzene rings is 2. The maximum atomic E-state index is 12.2. The molecule has 2 rings (SSSR count). The van der Waals surface area contributed by atoms with Gasteiger partial charge in [0, 0.05) is 11.6 Å². The highest BCUT2D eigenvalue weighted by atomic mass is 35.5. The zero-order valence-corrected chi connectivity index (χ0v) is 15.9. The Labute approximate surface area is 154 Å². The van der Waals surface area contributed by atoms with Crippen LogP contribution in [0.4, 0.5) is 0 Å². The van der Waals surface area contributed by atoms with Gasteiger partial charge in [0.15, 0.2) is 0 Å². The van der Waals surface area contributed by atoms with E-state index >= 15 is 0 Å². The van der Waals surface area contributed by atoms with E-state index in [-0.39, 0.29) is 11.1 Å². The third kappa shape index (κ3) is 6.32. The van der Waals surface area contributed by atoms with Gasteiger partial charge in [0.1, 0.15) is 12.0 Å². The van der Waals surface area contributed by atoms with Crippen molar-refractivity contribution in [2.45, 2.75) is 31.4 Å². The van der Waals surface area contributed by atoms with Gasteiger partial charge in [-0.05, 0) is 61.9 Å². The summed E-state index contributed by atoms with van der Waals surface area (Å²) in [5, 5.41) is 3.68. The summed E-state index contributed by atoms with van der Waals surface area (Å²) >= 11 is 5.78. The second-order valence-electron chi connectivity index (χ2n) is 5.56. The Kier molecular flexibility index (Phi) is 7.25. The van der Waals surface area contributed by atoms with Crippen molar-refractivity contribution in [3.05, 3.63) is 59.1 Å². The van der Waals surface area contributed by atoms with Crippen LogP contribution in [0, 0.1) is 0 Å². The molecule has 0 aromatic heterocycles. The van der Waals surface area contributed by atoms with E-state index in [1.165, 1.54) is 12.1 Å². The van der Waals surface area contributed by atoms with Crippen LogP contribution in [-0.4, -0.2) is 27.7 Å². The molecule has 2 aromatic rings. The van der Waals surface area contributed by atoms with E-state index < -0.39 is 10.0 Å². The van der Waals surface area contributed by atoms with Crippen molar-refractivity contribution >= 4 is 21.6 Å². The van der Waals surface area contributed by atoms with Crippen molar-refractivity contribution in [2.75, 3.05) is 13.1 Å². The molecule has 0 amide bonds. The van der Waals surface area contributed by atoms with Gasteiger partial charge in [0.05, 0.1) is 4.90 Å². The van der Waals surface area contributed by atoms with Crippen molar-refractivity contribution in [2.24, 2.45) is 0 Å². The predicted octanol–water partition coefficient (Wildman–Crippen LogP) is 3.20. The fourth-order valence-electron chi connectivity index (χ4n) is 2.29. The Balaban J connectivity index is 1.86. The lowest BCUT2D eigenvalue weighted by molar-refractivity contribution is 0.186. The monoisotopic (exact) mass is 382 g/mol. The molecule has 25 heavy (non-hydrogen) atoms. The molecule has 136 valence electrons. The minimum Gasteiger partial charge on any atom is -0.476 e. The zero-order valence-electron chi connectivity index (χ0n) is 14.3. The fraction of sp³-hybridized carbons (Fsp3) is 0.333. The average Bonchev–Trinajstić information content (AvgIpc) is 2.57. The van der Waals surface area contributed by atoms with Gasteiger partial charge in [0.2, 0.25) is 10.0 Å². The lowest BCUT2D eigenvalue weighted by Gasteiger charge is -2.15. The maximum Gasteiger partial charge on any atom is 0.240 e. The molecular weight excluding hydrogens is 360 g/mol. The smallest absolute Gasteiger partial charge is 0.240 e. The average molecular weight is 383 g/mol. The van der Waals surface area contributed by atoms with Crippen LogP contribution in [0.1, 0.15) is 19.4 Å². The number of sulfonamides is 1. The number of nitrogens with one attached hydrogen (secondary N) is 2. The highest BCUT2D eigenvalue weighted by Crippen LogP contribution is 2.15. The number of rotatable bonds is 9. The van der Waals surface area contributed by atoms with Gasteiger partial charge in [-0.15, -0.1) is 0 Å². The second-order valence-corrected chi connectivity index (χ2v) is 7.77. The molecule has 1 atom stereocenters. The third-order valence-electron chi connectivity index (χ3n) is 3.56. The van der Waals surface area contributed by atoms with Crippen LogP contribution in [0.15, 0.2) is 53.4 Å². The molecule has 1 unspecified atom stereocenters. The first kappa shape index (κ1) is 19.7. The Morgan fingerprint density at radius 3 is 2.32 bits per heavy atom. The highest BCUT2D eigenvalue weighted by Gasteiger charge is 2.12. The number of ether oxygens (including phenoxy) is 1. The largest absolute Gasteiger partial charge is 0.476 e. The second kappa shape index (κ2) is 9.20. The minimum atomic E-state index is -3.52. The zero-order chi connectivity index (χ0) is 18.3. The highest BCUT2D eigenvalue weighted by molar-refractivity contribution is 7.89. The fourth-order valence-corrected chi connectivity index (χ4v) is 3.45. The summed E-state index contributed by atoms with van der Waals surface area (Å²) in [6.07, 6.45) is 0.539. The summed E-state index contributed by atoms with van der Waals surface area (Å²) in [7, 11) is -3.52. The molecule has 2 aromatic carbocycles. The Morgan fingerprint density at radius 1 is 1.08 bits per heavy atom. The summed E-state index contributed by atoms with van der Waals surface area (Å²) in [4.78, 5) is 0.207. The molecule has 0 saturated carbocycles. The van der Waals surface area contributed by atoms with E-state index in [1.807, 2.05) is 38.1 Å². The molecule has 0 heterocycles. The number of halogens is 1. The standard InChI is InChI=1S/C18H23ClN2O3S/c1-3-20-14(2)24-17-8-4-15(5-9-17)12-13-21-25(22,23)18-10-6-16(19)7-11-18/h4-11,14,20-21H,3,12-13H2,1-2H3. The summed E-state index contributed by atoms with van der Waals surface area (Å²) in [5.74, 6) is 0.777. The molecule has 5 nitrogen and oxygen atoms in total. The predicted molar refractivity (Wildman–Crippen MR) is 101 cm³/mol. The molecule has 0 aliphatic heterocycles. The molecule has 0 aliphatic rings. The molecule has 0 saturated heterocycles. The Bertz CT molecular complexity index is 762. The summed E-state index contributed by atoms with van der Waals surface area (Å²) in [6, 6.07) is 13.7. The van der Waals surface area contributed by atoms with Crippen molar-refractivity contribution in [1.82, 2.24) is 10.0 Å². The third-order valence-corrected chi connectivity index (χ3v) is 5.29. The van der Waals surface area contributed by atoms with Crippen LogP contribution in [0.3, 0.4) is 0 Å². The molecule has 0 fully saturated rings. The van der Waals surface area contributed by atoms with Crippen LogP contribution < -0.4 is 14.8 Å². The minimum absolute atomic E-state index is 0.0537. The molecule has 0 bridgehead atoms. The summed E-state index contributed by atoms with van der Waals surface area (Å²) in [6.45, 7) is 5.13. The molecule has 7 heteroatoms. The first-order chi connectivity index (χ1) is 11.9. The van der Waals surface area contributed by atoms with Crippen molar-refractivity contribution in [3.8, 4) is 5.75 Å². The van der Waals surface area contributed by atoms with Gasteiger partial charge >= 0.3 is 0 Å². The van der Waals surface area contributed by atoms with E-state index in [9.17, 15) is 8.42 Å². The maximum absolute atomic E-state index is 12.2. The summed E-state index contributed by atoms with van der Waals surface area (Å²) in [5.41, 5.74) is 1.03. The first-order valence-electron chi connectivity index (χ1n) is 8.15. The molecule has 0 spiro atoms.